The van der Waals surface area contributed by atoms with E-state index in [1.165, 1.54) is 6.07 Å². The van der Waals surface area contributed by atoms with Crippen molar-refractivity contribution in [1.29, 1.82) is 0 Å². The van der Waals surface area contributed by atoms with Crippen LogP contribution in [0.5, 0.6) is 5.75 Å². The van der Waals surface area contributed by atoms with Crippen LogP contribution in [-0.2, 0) is 14.6 Å². The lowest BCUT2D eigenvalue weighted by atomic mass is 10.1. The first-order chi connectivity index (χ1) is 14.8. The molecule has 1 aliphatic rings. The number of hydrogen-bond acceptors (Lipinski definition) is 5. The smallest absolute Gasteiger partial charge is 0.263 e. The first-order valence-corrected chi connectivity index (χ1v) is 12.1. The lowest BCUT2D eigenvalue weighted by Gasteiger charge is -2.14. The Balaban J connectivity index is 1.54. The van der Waals surface area contributed by atoms with Gasteiger partial charge in [-0.15, -0.1) is 0 Å². The van der Waals surface area contributed by atoms with Gasteiger partial charge in [0.1, 0.15) is 11.6 Å². The molecule has 0 radical (unpaired) electrons. The first kappa shape index (κ1) is 21.7. The van der Waals surface area contributed by atoms with E-state index in [0.29, 0.717) is 33.7 Å². The summed E-state index contributed by atoms with van der Waals surface area (Å²) in [7, 11) is -3.12. The van der Waals surface area contributed by atoms with Crippen LogP contribution in [0.25, 0.3) is 11.3 Å². The highest BCUT2D eigenvalue weighted by Gasteiger charge is 2.31. The molecule has 1 saturated heterocycles. The highest BCUT2D eigenvalue weighted by molar-refractivity contribution is 7.91. The Labute approximate surface area is 189 Å². The third kappa shape index (κ3) is 5.20. The van der Waals surface area contributed by atoms with E-state index in [4.69, 9.17) is 27.9 Å². The maximum absolute atomic E-state index is 12.5. The Kier molecular flexibility index (Phi) is 6.22. The largest absolute Gasteiger partial charge is 0.482 e. The molecule has 1 aliphatic heterocycles. The standard InChI is InChI=1S/C21H19Cl2N3O4S/c22-15-6-7-19(17(23)10-15)30-12-21(27)24-20-11-18(14-4-2-1-3-5-14)25-26(20)16-8-9-31(28,29)13-16/h1-7,10-11,16H,8-9,12-13H2,(H,24,27). The molecule has 2 aromatic carbocycles. The minimum Gasteiger partial charge on any atom is -0.482 e. The van der Waals surface area contributed by atoms with Crippen molar-refractivity contribution in [3.8, 4) is 17.0 Å². The number of benzene rings is 2. The molecule has 1 unspecified atom stereocenters. The van der Waals surface area contributed by atoms with Crippen molar-refractivity contribution in [3.05, 3.63) is 64.6 Å². The van der Waals surface area contributed by atoms with Crippen LogP contribution in [-0.4, -0.2) is 42.2 Å². The van der Waals surface area contributed by atoms with E-state index >= 15 is 0 Å². The molecule has 7 nitrogen and oxygen atoms in total. The molecule has 1 N–H and O–H groups in total. The topological polar surface area (TPSA) is 90.3 Å². The second-order valence-electron chi connectivity index (χ2n) is 7.19. The number of halogens is 2. The number of anilines is 1. The average molecular weight is 480 g/mol. The molecule has 4 rings (SSSR count). The summed E-state index contributed by atoms with van der Waals surface area (Å²) in [5.74, 6) is 0.415. The molecule has 1 atom stereocenters. The van der Waals surface area contributed by atoms with Crippen molar-refractivity contribution in [3.63, 3.8) is 0 Å². The number of amides is 1. The maximum Gasteiger partial charge on any atom is 0.263 e. The van der Waals surface area contributed by atoms with Crippen molar-refractivity contribution in [2.45, 2.75) is 12.5 Å². The molecule has 0 saturated carbocycles. The van der Waals surface area contributed by atoms with Crippen molar-refractivity contribution in [1.82, 2.24) is 9.78 Å². The third-order valence-electron chi connectivity index (χ3n) is 4.88. The summed E-state index contributed by atoms with van der Waals surface area (Å²) in [5.41, 5.74) is 1.50. The van der Waals surface area contributed by atoms with Gasteiger partial charge in [-0.25, -0.2) is 13.1 Å². The van der Waals surface area contributed by atoms with Gasteiger partial charge in [0.25, 0.3) is 5.91 Å². The zero-order valence-corrected chi connectivity index (χ0v) is 18.6. The molecule has 0 bridgehead atoms. The first-order valence-electron chi connectivity index (χ1n) is 9.54. The molecule has 2 heterocycles. The Hall–Kier alpha value is -2.55. The van der Waals surface area contributed by atoms with Gasteiger partial charge in [-0.3, -0.25) is 4.79 Å². The van der Waals surface area contributed by atoms with Crippen LogP contribution < -0.4 is 10.1 Å². The molecule has 31 heavy (non-hydrogen) atoms. The SMILES string of the molecule is O=C(COc1ccc(Cl)cc1Cl)Nc1cc(-c2ccccc2)nn1C1CCS(=O)(=O)C1. The summed E-state index contributed by atoms with van der Waals surface area (Å²) < 4.78 is 31.0. The highest BCUT2D eigenvalue weighted by Crippen LogP contribution is 2.31. The number of hydrogen-bond donors (Lipinski definition) is 1. The molecule has 0 spiro atoms. The van der Waals surface area contributed by atoms with Crippen LogP contribution in [0.1, 0.15) is 12.5 Å². The van der Waals surface area contributed by atoms with Gasteiger partial charge >= 0.3 is 0 Å². The Morgan fingerprint density at radius 1 is 1.16 bits per heavy atom. The molecule has 10 heteroatoms. The quantitative estimate of drug-likeness (QED) is 0.570. The second kappa shape index (κ2) is 8.90. The number of aromatic nitrogens is 2. The van der Waals surface area contributed by atoms with E-state index in [0.717, 1.165) is 5.56 Å². The van der Waals surface area contributed by atoms with Gasteiger partial charge in [0.15, 0.2) is 16.4 Å². The molecule has 162 valence electrons. The Morgan fingerprint density at radius 3 is 2.61 bits per heavy atom. The Morgan fingerprint density at radius 2 is 1.94 bits per heavy atom. The van der Waals surface area contributed by atoms with Crippen molar-refractivity contribution in [2.24, 2.45) is 0 Å². The molecular formula is C21H19Cl2N3O4S. The predicted octanol–water partition coefficient (Wildman–Crippen LogP) is 4.23. The highest BCUT2D eigenvalue weighted by atomic mass is 35.5. The van der Waals surface area contributed by atoms with Gasteiger partial charge in [0.2, 0.25) is 0 Å². The molecule has 1 fully saturated rings. The lowest BCUT2D eigenvalue weighted by Crippen LogP contribution is -2.23. The fraction of sp³-hybridized carbons (Fsp3) is 0.238. The van der Waals surface area contributed by atoms with E-state index in [-0.39, 0.29) is 24.2 Å². The number of nitrogens with zero attached hydrogens (tertiary/aromatic N) is 2. The van der Waals surface area contributed by atoms with Crippen LogP contribution in [0, 0.1) is 0 Å². The minimum absolute atomic E-state index is 0.0112. The fourth-order valence-electron chi connectivity index (χ4n) is 3.40. The number of sulfone groups is 1. The molecule has 1 aromatic heterocycles. The van der Waals surface area contributed by atoms with E-state index in [2.05, 4.69) is 10.4 Å². The number of carbonyl (C=O) groups excluding carboxylic acids is 1. The van der Waals surface area contributed by atoms with Crippen LogP contribution in [0.15, 0.2) is 54.6 Å². The zero-order chi connectivity index (χ0) is 22.0. The van der Waals surface area contributed by atoms with Crippen LogP contribution >= 0.6 is 23.2 Å². The van der Waals surface area contributed by atoms with Crippen molar-refractivity contribution in [2.75, 3.05) is 23.4 Å². The number of rotatable bonds is 6. The molecular weight excluding hydrogens is 461 g/mol. The second-order valence-corrected chi connectivity index (χ2v) is 10.3. The Bertz CT molecular complexity index is 1210. The minimum atomic E-state index is -3.12. The van der Waals surface area contributed by atoms with Crippen molar-refractivity contribution < 1.29 is 17.9 Å². The van der Waals surface area contributed by atoms with Crippen LogP contribution in [0.3, 0.4) is 0 Å². The van der Waals surface area contributed by atoms with E-state index in [1.54, 1.807) is 22.9 Å². The fourth-order valence-corrected chi connectivity index (χ4v) is 5.55. The zero-order valence-electron chi connectivity index (χ0n) is 16.3. The van der Waals surface area contributed by atoms with Gasteiger partial charge in [0, 0.05) is 16.7 Å². The third-order valence-corrected chi connectivity index (χ3v) is 7.16. The molecule has 1 amide bonds. The van der Waals surface area contributed by atoms with Gasteiger partial charge in [-0.1, -0.05) is 53.5 Å². The summed E-state index contributed by atoms with van der Waals surface area (Å²) in [6.45, 7) is -0.282. The number of nitrogens with one attached hydrogen (secondary N) is 1. The summed E-state index contributed by atoms with van der Waals surface area (Å²) in [6.07, 6.45) is 0.442. The van der Waals surface area contributed by atoms with E-state index < -0.39 is 15.7 Å². The lowest BCUT2D eigenvalue weighted by molar-refractivity contribution is -0.118. The predicted molar refractivity (Wildman–Crippen MR) is 121 cm³/mol. The van der Waals surface area contributed by atoms with Crippen LogP contribution in [0.4, 0.5) is 5.82 Å². The van der Waals surface area contributed by atoms with E-state index in [1.807, 2.05) is 30.3 Å². The van der Waals surface area contributed by atoms with Crippen LogP contribution in [0.2, 0.25) is 10.0 Å². The molecule has 3 aromatic rings. The van der Waals surface area contributed by atoms with Gasteiger partial charge in [-0.05, 0) is 24.6 Å². The van der Waals surface area contributed by atoms with E-state index in [9.17, 15) is 13.2 Å². The normalized spacial score (nSPS) is 17.4. The van der Waals surface area contributed by atoms with Gasteiger partial charge in [-0.2, -0.15) is 5.10 Å². The van der Waals surface area contributed by atoms with Gasteiger partial charge in [0.05, 0.1) is 28.3 Å². The number of carbonyl (C=O) groups is 1. The van der Waals surface area contributed by atoms with Gasteiger partial charge < -0.3 is 10.1 Å². The molecule has 0 aliphatic carbocycles. The summed E-state index contributed by atoms with van der Waals surface area (Å²) in [5, 5.41) is 8.13. The monoisotopic (exact) mass is 479 g/mol. The number of ether oxygens (including phenoxy) is 1. The van der Waals surface area contributed by atoms with Crippen molar-refractivity contribution >= 4 is 44.8 Å². The summed E-state index contributed by atoms with van der Waals surface area (Å²) in [4.78, 5) is 12.5. The summed E-state index contributed by atoms with van der Waals surface area (Å²) >= 11 is 11.9. The average Bonchev–Trinajstić information content (AvgIpc) is 3.31. The summed E-state index contributed by atoms with van der Waals surface area (Å²) in [6, 6.07) is 15.6. The maximum atomic E-state index is 12.5.